The molecular weight excluding hydrogens is 276 g/mol. The molecule has 2 atom stereocenters. The Kier molecular flexibility index (Phi) is 5.41. The Hall–Kier alpha value is -0.350. The molecule has 0 aliphatic rings. The van der Waals surface area contributed by atoms with Crippen molar-refractivity contribution in [3.63, 3.8) is 0 Å². The number of halogens is 3. The largest absolute Gasteiger partial charge is 0.389 e. The molecule has 0 bridgehead atoms. The molecule has 0 saturated heterocycles. The summed E-state index contributed by atoms with van der Waals surface area (Å²) in [6, 6.07) is 2.48. The molecular formula is C13H18Cl2FNO. The third kappa shape index (κ3) is 3.82. The molecule has 2 unspecified atom stereocenters. The van der Waals surface area contributed by atoms with E-state index in [0.717, 1.165) is 0 Å². The molecule has 0 spiro atoms. The van der Waals surface area contributed by atoms with E-state index in [1.807, 2.05) is 13.8 Å². The summed E-state index contributed by atoms with van der Waals surface area (Å²) in [7, 11) is 0. The van der Waals surface area contributed by atoms with Crippen LogP contribution in [-0.4, -0.2) is 17.3 Å². The number of hydrogen-bond donors (Lipinski definition) is 2. The maximum atomic E-state index is 13.4. The van der Waals surface area contributed by atoms with Gasteiger partial charge in [-0.2, -0.15) is 0 Å². The molecule has 0 saturated carbocycles. The summed E-state index contributed by atoms with van der Waals surface area (Å²) < 4.78 is 13.4. The Morgan fingerprint density at radius 1 is 1.44 bits per heavy atom. The summed E-state index contributed by atoms with van der Waals surface area (Å²) >= 11 is 11.9. The maximum absolute atomic E-state index is 13.4. The van der Waals surface area contributed by atoms with Gasteiger partial charge in [-0.05, 0) is 32.4 Å². The van der Waals surface area contributed by atoms with Crippen molar-refractivity contribution in [3.05, 3.63) is 33.6 Å². The summed E-state index contributed by atoms with van der Waals surface area (Å²) in [6.45, 7) is 5.85. The fourth-order valence-corrected chi connectivity index (χ4v) is 2.24. The molecule has 0 heterocycles. The number of benzene rings is 1. The molecule has 0 aliphatic heterocycles. The Bertz CT molecular complexity index is 424. The van der Waals surface area contributed by atoms with Crippen LogP contribution in [0.3, 0.4) is 0 Å². The van der Waals surface area contributed by atoms with Crippen LogP contribution in [0, 0.1) is 5.82 Å². The number of aliphatic hydroxyl groups is 1. The molecule has 0 radical (unpaired) electrons. The lowest BCUT2D eigenvalue weighted by molar-refractivity contribution is 0.0533. The standard InChI is InChI=1S/C13H18Cl2FNO/c1-4-13(3,18)7-17-8(2)11-9(14)5-6-10(16)12(11)15/h5-6,8,17-18H,4,7H2,1-3H3. The zero-order chi connectivity index (χ0) is 13.9. The van der Waals surface area contributed by atoms with Gasteiger partial charge in [0.25, 0.3) is 0 Å². The lowest BCUT2D eigenvalue weighted by Gasteiger charge is -2.25. The molecule has 102 valence electrons. The van der Waals surface area contributed by atoms with Crippen LogP contribution in [0.25, 0.3) is 0 Å². The van der Waals surface area contributed by atoms with E-state index in [2.05, 4.69) is 5.32 Å². The third-order valence-electron chi connectivity index (χ3n) is 3.06. The number of rotatable bonds is 5. The van der Waals surface area contributed by atoms with Crippen LogP contribution in [0.1, 0.15) is 38.8 Å². The van der Waals surface area contributed by atoms with Crippen molar-refractivity contribution in [2.24, 2.45) is 0 Å². The van der Waals surface area contributed by atoms with Crippen molar-refractivity contribution in [1.82, 2.24) is 5.32 Å². The molecule has 5 heteroatoms. The van der Waals surface area contributed by atoms with Gasteiger partial charge in [0, 0.05) is 23.2 Å². The van der Waals surface area contributed by atoms with Gasteiger partial charge in [-0.3, -0.25) is 0 Å². The quantitative estimate of drug-likeness (QED) is 0.806. The van der Waals surface area contributed by atoms with E-state index in [9.17, 15) is 9.50 Å². The predicted octanol–water partition coefficient (Wildman–Crippen LogP) is 3.94. The second kappa shape index (κ2) is 6.20. The molecule has 2 N–H and O–H groups in total. The first-order valence-electron chi connectivity index (χ1n) is 5.87. The van der Waals surface area contributed by atoms with Gasteiger partial charge in [0.2, 0.25) is 0 Å². The first-order valence-corrected chi connectivity index (χ1v) is 6.63. The highest BCUT2D eigenvalue weighted by Crippen LogP contribution is 2.32. The maximum Gasteiger partial charge on any atom is 0.142 e. The highest BCUT2D eigenvalue weighted by atomic mass is 35.5. The normalized spacial score (nSPS) is 16.4. The molecule has 0 aliphatic carbocycles. The van der Waals surface area contributed by atoms with E-state index < -0.39 is 11.4 Å². The average molecular weight is 294 g/mol. The molecule has 1 aromatic rings. The van der Waals surface area contributed by atoms with Gasteiger partial charge in [-0.1, -0.05) is 30.1 Å². The molecule has 1 aromatic carbocycles. The highest BCUT2D eigenvalue weighted by Gasteiger charge is 2.21. The van der Waals surface area contributed by atoms with Crippen LogP contribution in [0.4, 0.5) is 4.39 Å². The lowest BCUT2D eigenvalue weighted by atomic mass is 10.0. The zero-order valence-corrected chi connectivity index (χ0v) is 12.2. The topological polar surface area (TPSA) is 32.3 Å². The van der Waals surface area contributed by atoms with Gasteiger partial charge < -0.3 is 10.4 Å². The predicted molar refractivity (Wildman–Crippen MR) is 73.8 cm³/mol. The van der Waals surface area contributed by atoms with Crippen LogP contribution in [0.2, 0.25) is 10.0 Å². The van der Waals surface area contributed by atoms with Crippen LogP contribution < -0.4 is 5.32 Å². The van der Waals surface area contributed by atoms with Crippen molar-refractivity contribution in [1.29, 1.82) is 0 Å². The Balaban J connectivity index is 2.85. The van der Waals surface area contributed by atoms with Crippen LogP contribution in [0.5, 0.6) is 0 Å². The molecule has 0 fully saturated rings. The van der Waals surface area contributed by atoms with Crippen molar-refractivity contribution in [3.8, 4) is 0 Å². The molecule has 0 aromatic heterocycles. The van der Waals surface area contributed by atoms with Crippen LogP contribution in [0.15, 0.2) is 12.1 Å². The van der Waals surface area contributed by atoms with Crippen molar-refractivity contribution < 1.29 is 9.50 Å². The molecule has 18 heavy (non-hydrogen) atoms. The van der Waals surface area contributed by atoms with Crippen molar-refractivity contribution in [2.45, 2.75) is 38.8 Å². The van der Waals surface area contributed by atoms with E-state index in [1.54, 1.807) is 6.92 Å². The second-order valence-corrected chi connectivity index (χ2v) is 5.50. The molecule has 2 nitrogen and oxygen atoms in total. The van der Waals surface area contributed by atoms with Gasteiger partial charge in [0.05, 0.1) is 10.6 Å². The monoisotopic (exact) mass is 293 g/mol. The second-order valence-electron chi connectivity index (χ2n) is 4.71. The fourth-order valence-electron chi connectivity index (χ4n) is 1.54. The Morgan fingerprint density at radius 3 is 2.61 bits per heavy atom. The third-order valence-corrected chi connectivity index (χ3v) is 3.78. The Morgan fingerprint density at radius 2 is 2.06 bits per heavy atom. The highest BCUT2D eigenvalue weighted by molar-refractivity contribution is 6.36. The fraction of sp³-hybridized carbons (Fsp3) is 0.538. The smallest absolute Gasteiger partial charge is 0.142 e. The van der Waals surface area contributed by atoms with Gasteiger partial charge in [-0.15, -0.1) is 0 Å². The first-order chi connectivity index (χ1) is 8.28. The number of nitrogens with one attached hydrogen (secondary N) is 1. The zero-order valence-electron chi connectivity index (χ0n) is 10.7. The minimum atomic E-state index is -0.805. The van der Waals surface area contributed by atoms with E-state index in [4.69, 9.17) is 23.2 Å². The summed E-state index contributed by atoms with van der Waals surface area (Å²) in [5, 5.41) is 13.5. The van der Waals surface area contributed by atoms with E-state index in [-0.39, 0.29) is 11.1 Å². The van der Waals surface area contributed by atoms with Gasteiger partial charge in [-0.25, -0.2) is 4.39 Å². The molecule has 1 rings (SSSR count). The van der Waals surface area contributed by atoms with Gasteiger partial charge in [0.15, 0.2) is 0 Å². The van der Waals surface area contributed by atoms with Crippen LogP contribution in [-0.2, 0) is 0 Å². The molecule has 0 amide bonds. The summed E-state index contributed by atoms with van der Waals surface area (Å²) in [6.07, 6.45) is 0.622. The first kappa shape index (κ1) is 15.7. The van der Waals surface area contributed by atoms with E-state index >= 15 is 0 Å². The van der Waals surface area contributed by atoms with Gasteiger partial charge >= 0.3 is 0 Å². The summed E-state index contributed by atoms with van der Waals surface area (Å²) in [5.41, 5.74) is -0.286. The van der Waals surface area contributed by atoms with Crippen molar-refractivity contribution >= 4 is 23.2 Å². The lowest BCUT2D eigenvalue weighted by Crippen LogP contribution is -2.38. The van der Waals surface area contributed by atoms with Gasteiger partial charge in [0.1, 0.15) is 5.82 Å². The van der Waals surface area contributed by atoms with Crippen LogP contribution >= 0.6 is 23.2 Å². The summed E-state index contributed by atoms with van der Waals surface area (Å²) in [4.78, 5) is 0. The number of hydrogen-bond acceptors (Lipinski definition) is 2. The Labute approximate surface area is 117 Å². The van der Waals surface area contributed by atoms with Crippen molar-refractivity contribution in [2.75, 3.05) is 6.54 Å². The minimum Gasteiger partial charge on any atom is -0.389 e. The summed E-state index contributed by atoms with van der Waals surface area (Å²) in [5.74, 6) is -0.494. The average Bonchev–Trinajstić information content (AvgIpc) is 2.32. The van der Waals surface area contributed by atoms with E-state index in [1.165, 1.54) is 12.1 Å². The minimum absolute atomic E-state index is 0.0265. The van der Waals surface area contributed by atoms with E-state index in [0.29, 0.717) is 23.6 Å². The SMILES string of the molecule is CCC(C)(O)CNC(C)c1c(Cl)ccc(F)c1Cl.